The summed E-state index contributed by atoms with van der Waals surface area (Å²) in [5, 5.41) is 3.98. The maximum absolute atomic E-state index is 5.10. The van der Waals surface area contributed by atoms with Gasteiger partial charge < -0.3 is 4.52 Å². The van der Waals surface area contributed by atoms with Crippen LogP contribution in [0, 0.1) is 0 Å². The fourth-order valence-corrected chi connectivity index (χ4v) is 2.68. The second kappa shape index (κ2) is 2.44. The Kier molecular flexibility index (Phi) is 1.56. The van der Waals surface area contributed by atoms with Crippen LogP contribution in [0.25, 0.3) is 0 Å². The van der Waals surface area contributed by atoms with Crippen LogP contribution < -0.4 is 5.45 Å². The summed E-state index contributed by atoms with van der Waals surface area (Å²) in [4.78, 5) is 4.36. The monoisotopic (exact) mass is 168 g/mol. The van der Waals surface area contributed by atoms with Gasteiger partial charge in [0, 0.05) is 5.92 Å². The van der Waals surface area contributed by atoms with Crippen LogP contribution in [0.3, 0.4) is 0 Å². The molecule has 2 rings (SSSR count). The molecule has 1 aliphatic heterocycles. The Hall–Kier alpha value is -0.643. The van der Waals surface area contributed by atoms with E-state index < -0.39 is 8.80 Å². The van der Waals surface area contributed by atoms with E-state index in [1.165, 1.54) is 12.1 Å². The molecule has 1 saturated heterocycles. The molecule has 0 unspecified atom stereocenters. The van der Waals surface area contributed by atoms with Gasteiger partial charge in [-0.1, -0.05) is 31.1 Å². The summed E-state index contributed by atoms with van der Waals surface area (Å²) in [5.41, 5.74) is 1.05. The van der Waals surface area contributed by atoms with Crippen molar-refractivity contribution in [2.75, 3.05) is 0 Å². The second-order valence-corrected chi connectivity index (χ2v) is 6.48. The zero-order chi connectivity index (χ0) is 7.84. The zero-order valence-corrected chi connectivity index (χ0v) is 8.03. The number of aromatic nitrogens is 2. The van der Waals surface area contributed by atoms with E-state index in [0.717, 1.165) is 11.3 Å². The average Bonchev–Trinajstić information content (AvgIpc) is 2.68. The summed E-state index contributed by atoms with van der Waals surface area (Å²) in [5.74, 6) is 1.18. The highest BCUT2D eigenvalue weighted by Gasteiger charge is 2.31. The molecular formula is C7H12N2OSi. The molecule has 0 atom stereocenters. The van der Waals surface area contributed by atoms with Crippen LogP contribution in [0.4, 0.5) is 0 Å². The molecule has 0 bridgehead atoms. The SMILES string of the molecule is CC(C)c1nc([SiH]2CC2)no1. The van der Waals surface area contributed by atoms with Crippen molar-refractivity contribution in [2.45, 2.75) is 31.9 Å². The van der Waals surface area contributed by atoms with E-state index in [0.29, 0.717) is 5.92 Å². The Morgan fingerprint density at radius 1 is 1.45 bits per heavy atom. The lowest BCUT2D eigenvalue weighted by Gasteiger charge is -1.91. The van der Waals surface area contributed by atoms with Crippen LogP contribution in [0.15, 0.2) is 4.52 Å². The predicted octanol–water partition coefficient (Wildman–Crippen LogP) is 0.641. The van der Waals surface area contributed by atoms with Crippen molar-refractivity contribution in [3.63, 3.8) is 0 Å². The van der Waals surface area contributed by atoms with Crippen LogP contribution in [-0.2, 0) is 0 Å². The molecule has 0 aliphatic carbocycles. The van der Waals surface area contributed by atoms with Crippen molar-refractivity contribution in [1.82, 2.24) is 10.1 Å². The van der Waals surface area contributed by atoms with E-state index in [4.69, 9.17) is 4.52 Å². The first-order valence-electron chi connectivity index (χ1n) is 4.11. The Bertz CT molecular complexity index is 238. The van der Waals surface area contributed by atoms with E-state index in [2.05, 4.69) is 24.0 Å². The molecule has 1 aromatic heterocycles. The van der Waals surface area contributed by atoms with Gasteiger partial charge in [0.05, 0.1) is 0 Å². The summed E-state index contributed by atoms with van der Waals surface area (Å²) in [6, 6.07) is 2.74. The van der Waals surface area contributed by atoms with Crippen molar-refractivity contribution in [3.05, 3.63) is 5.89 Å². The normalized spacial score (nSPS) is 17.7. The standard InChI is InChI=1S/C7H12N2OSi/c1-5(2)6-8-7(9-10-6)11-3-4-11/h5,11H,3-4H2,1-2H3. The second-order valence-electron chi connectivity index (χ2n) is 3.42. The molecule has 0 radical (unpaired) electrons. The van der Waals surface area contributed by atoms with Gasteiger partial charge in [-0.25, -0.2) is 4.98 Å². The lowest BCUT2D eigenvalue weighted by molar-refractivity contribution is 0.367. The molecule has 0 spiro atoms. The highest BCUT2D eigenvalue weighted by atomic mass is 28.3. The minimum Gasteiger partial charge on any atom is -0.340 e. The first-order chi connectivity index (χ1) is 5.27. The molecule has 0 saturated carbocycles. The van der Waals surface area contributed by atoms with Gasteiger partial charge in [0.15, 0.2) is 0 Å². The molecule has 1 aromatic rings. The fourth-order valence-electron chi connectivity index (χ4n) is 0.989. The Labute approximate surface area is 67.4 Å². The molecule has 3 nitrogen and oxygen atoms in total. The highest BCUT2D eigenvalue weighted by Crippen LogP contribution is 2.20. The number of hydrogen-bond acceptors (Lipinski definition) is 3. The van der Waals surface area contributed by atoms with Gasteiger partial charge in [0.1, 0.15) is 14.2 Å². The summed E-state index contributed by atoms with van der Waals surface area (Å²) in [6.45, 7) is 4.15. The smallest absolute Gasteiger partial charge is 0.228 e. The summed E-state index contributed by atoms with van der Waals surface area (Å²) in [6.07, 6.45) is 0. The van der Waals surface area contributed by atoms with Crippen LogP contribution in [0.2, 0.25) is 12.1 Å². The molecule has 1 aliphatic rings. The summed E-state index contributed by atoms with van der Waals surface area (Å²) < 4.78 is 5.10. The van der Waals surface area contributed by atoms with Gasteiger partial charge >= 0.3 is 0 Å². The van der Waals surface area contributed by atoms with Crippen molar-refractivity contribution in [1.29, 1.82) is 0 Å². The quantitative estimate of drug-likeness (QED) is 0.608. The van der Waals surface area contributed by atoms with Gasteiger partial charge in [-0.2, -0.15) is 0 Å². The molecular weight excluding hydrogens is 156 g/mol. The molecule has 11 heavy (non-hydrogen) atoms. The van der Waals surface area contributed by atoms with E-state index in [1.54, 1.807) is 0 Å². The van der Waals surface area contributed by atoms with Gasteiger partial charge in [0.25, 0.3) is 0 Å². The third-order valence-electron chi connectivity index (χ3n) is 1.89. The van der Waals surface area contributed by atoms with E-state index in [9.17, 15) is 0 Å². The number of rotatable bonds is 2. The van der Waals surface area contributed by atoms with Crippen molar-refractivity contribution in [2.24, 2.45) is 0 Å². The van der Waals surface area contributed by atoms with E-state index in [-0.39, 0.29) is 0 Å². The van der Waals surface area contributed by atoms with Gasteiger partial charge in [-0.05, 0) is 0 Å². The summed E-state index contributed by atoms with van der Waals surface area (Å²) >= 11 is 0. The number of nitrogens with zero attached hydrogens (tertiary/aromatic N) is 2. The Morgan fingerprint density at radius 3 is 2.64 bits per heavy atom. The minimum atomic E-state index is -0.615. The Morgan fingerprint density at radius 2 is 2.18 bits per heavy atom. The maximum atomic E-state index is 5.10. The van der Waals surface area contributed by atoms with Gasteiger partial charge in [-0.15, -0.1) is 0 Å². The van der Waals surface area contributed by atoms with Crippen LogP contribution in [0.5, 0.6) is 0 Å². The fraction of sp³-hybridized carbons (Fsp3) is 0.714. The van der Waals surface area contributed by atoms with Crippen LogP contribution in [-0.4, -0.2) is 18.9 Å². The lowest BCUT2D eigenvalue weighted by atomic mass is 10.2. The van der Waals surface area contributed by atoms with Crippen molar-refractivity contribution >= 4 is 14.2 Å². The van der Waals surface area contributed by atoms with Crippen LogP contribution >= 0.6 is 0 Å². The topological polar surface area (TPSA) is 38.9 Å². The average molecular weight is 168 g/mol. The lowest BCUT2D eigenvalue weighted by Crippen LogP contribution is -2.19. The maximum Gasteiger partial charge on any atom is 0.228 e. The predicted molar refractivity (Wildman–Crippen MR) is 44.8 cm³/mol. The summed E-state index contributed by atoms with van der Waals surface area (Å²) in [7, 11) is -0.615. The third kappa shape index (κ3) is 1.35. The van der Waals surface area contributed by atoms with Crippen molar-refractivity contribution in [3.8, 4) is 0 Å². The first-order valence-corrected chi connectivity index (χ1v) is 6.32. The number of hydrogen-bond donors (Lipinski definition) is 0. The molecule has 0 N–H and O–H groups in total. The zero-order valence-electron chi connectivity index (χ0n) is 6.87. The first kappa shape index (κ1) is 7.03. The van der Waals surface area contributed by atoms with Gasteiger partial charge in [0.2, 0.25) is 5.89 Å². The van der Waals surface area contributed by atoms with Crippen LogP contribution in [0.1, 0.15) is 25.7 Å². The molecule has 0 aromatic carbocycles. The van der Waals surface area contributed by atoms with Crippen molar-refractivity contribution < 1.29 is 4.52 Å². The van der Waals surface area contributed by atoms with Gasteiger partial charge in [-0.3, -0.25) is 0 Å². The van der Waals surface area contributed by atoms with E-state index in [1.807, 2.05) is 0 Å². The molecule has 2 heterocycles. The third-order valence-corrected chi connectivity index (χ3v) is 4.01. The van der Waals surface area contributed by atoms with E-state index >= 15 is 0 Å². The molecule has 1 fully saturated rings. The molecule has 4 heteroatoms. The Balaban J connectivity index is 2.18. The molecule has 0 amide bonds. The molecule has 60 valence electrons. The highest BCUT2D eigenvalue weighted by molar-refractivity contribution is 6.80. The minimum absolute atomic E-state index is 0.379. The largest absolute Gasteiger partial charge is 0.340 e.